The molecule has 0 radical (unpaired) electrons. The SMILES string of the molecule is CC(C)=NC(C)(C(C)C)C(F)(F)F. The summed E-state index contributed by atoms with van der Waals surface area (Å²) < 4.78 is 37.8. The minimum Gasteiger partial charge on any atom is -0.279 e. The predicted molar refractivity (Wildman–Crippen MR) is 48.1 cm³/mol. The van der Waals surface area contributed by atoms with Gasteiger partial charge in [-0.1, -0.05) is 13.8 Å². The zero-order valence-corrected chi connectivity index (χ0v) is 8.66. The molecule has 1 unspecified atom stereocenters. The van der Waals surface area contributed by atoms with E-state index >= 15 is 0 Å². The number of hydrogen-bond donors (Lipinski definition) is 0. The fourth-order valence-corrected chi connectivity index (χ4v) is 0.984. The lowest BCUT2D eigenvalue weighted by atomic mass is 9.88. The first-order valence-electron chi connectivity index (χ1n) is 4.21. The first-order valence-corrected chi connectivity index (χ1v) is 4.21. The molecule has 0 N–H and O–H groups in total. The molecule has 0 heterocycles. The molecule has 0 aliphatic carbocycles. The second-order valence-corrected chi connectivity index (χ2v) is 3.86. The Morgan fingerprint density at radius 2 is 1.54 bits per heavy atom. The number of aliphatic imine (C=N–C) groups is 1. The van der Waals surface area contributed by atoms with Gasteiger partial charge in [0, 0.05) is 5.71 Å². The Hall–Kier alpha value is -0.540. The van der Waals surface area contributed by atoms with Gasteiger partial charge in [-0.05, 0) is 26.7 Å². The van der Waals surface area contributed by atoms with Crippen LogP contribution >= 0.6 is 0 Å². The van der Waals surface area contributed by atoms with Gasteiger partial charge in [-0.15, -0.1) is 0 Å². The van der Waals surface area contributed by atoms with Crippen molar-refractivity contribution in [2.24, 2.45) is 10.9 Å². The zero-order valence-electron chi connectivity index (χ0n) is 8.66. The lowest BCUT2D eigenvalue weighted by Gasteiger charge is -2.32. The van der Waals surface area contributed by atoms with Crippen molar-refractivity contribution in [1.29, 1.82) is 0 Å². The second kappa shape index (κ2) is 3.68. The highest BCUT2D eigenvalue weighted by Gasteiger charge is 2.53. The molecule has 0 aliphatic heterocycles. The molecule has 0 amide bonds. The van der Waals surface area contributed by atoms with Crippen molar-refractivity contribution in [2.75, 3.05) is 0 Å². The normalized spacial score (nSPS) is 17.0. The van der Waals surface area contributed by atoms with Crippen LogP contribution in [0.2, 0.25) is 0 Å². The molecular weight excluding hydrogens is 179 g/mol. The van der Waals surface area contributed by atoms with Crippen LogP contribution in [0.15, 0.2) is 4.99 Å². The highest BCUT2D eigenvalue weighted by molar-refractivity contribution is 5.79. The largest absolute Gasteiger partial charge is 0.413 e. The van der Waals surface area contributed by atoms with Crippen LogP contribution < -0.4 is 0 Å². The average Bonchev–Trinajstić information content (AvgIpc) is 1.82. The Balaban J connectivity index is 5.09. The summed E-state index contributed by atoms with van der Waals surface area (Å²) in [7, 11) is 0. The summed E-state index contributed by atoms with van der Waals surface area (Å²) in [5.74, 6) is -0.553. The van der Waals surface area contributed by atoms with Crippen molar-refractivity contribution in [3.8, 4) is 0 Å². The Kier molecular flexibility index (Phi) is 3.53. The molecular formula is C9H16F3N. The molecule has 1 nitrogen and oxygen atoms in total. The summed E-state index contributed by atoms with van der Waals surface area (Å²) >= 11 is 0. The first kappa shape index (κ1) is 12.5. The molecule has 13 heavy (non-hydrogen) atoms. The van der Waals surface area contributed by atoms with Gasteiger partial charge in [0.2, 0.25) is 0 Å². The van der Waals surface area contributed by atoms with Gasteiger partial charge in [0.25, 0.3) is 0 Å². The standard InChI is InChI=1S/C9H16F3N/c1-6(2)8(5,9(10,11)12)13-7(3)4/h6H,1-5H3. The lowest BCUT2D eigenvalue weighted by Crippen LogP contribution is -2.45. The molecule has 0 saturated carbocycles. The highest BCUT2D eigenvalue weighted by atomic mass is 19.4. The molecule has 0 aromatic rings. The third kappa shape index (κ3) is 2.71. The molecule has 78 valence electrons. The van der Waals surface area contributed by atoms with E-state index in [1.165, 1.54) is 13.8 Å². The van der Waals surface area contributed by atoms with Gasteiger partial charge in [-0.3, -0.25) is 4.99 Å². The number of hydrogen-bond acceptors (Lipinski definition) is 1. The molecule has 0 fully saturated rings. The van der Waals surface area contributed by atoms with Crippen molar-refractivity contribution in [1.82, 2.24) is 0 Å². The van der Waals surface area contributed by atoms with E-state index in [-0.39, 0.29) is 0 Å². The number of nitrogens with zero attached hydrogens (tertiary/aromatic N) is 1. The fraction of sp³-hybridized carbons (Fsp3) is 0.889. The monoisotopic (exact) mass is 195 g/mol. The molecule has 1 atom stereocenters. The lowest BCUT2D eigenvalue weighted by molar-refractivity contribution is -0.191. The van der Waals surface area contributed by atoms with Gasteiger partial charge < -0.3 is 0 Å². The van der Waals surface area contributed by atoms with Crippen LogP contribution in [0.3, 0.4) is 0 Å². The summed E-state index contributed by atoms with van der Waals surface area (Å²) in [5, 5.41) is 0. The quantitative estimate of drug-likeness (QED) is 0.598. The Morgan fingerprint density at radius 3 is 1.62 bits per heavy atom. The Labute approximate surface area is 77.1 Å². The van der Waals surface area contributed by atoms with Crippen molar-refractivity contribution in [2.45, 2.75) is 46.3 Å². The van der Waals surface area contributed by atoms with Crippen molar-refractivity contribution in [3.63, 3.8) is 0 Å². The van der Waals surface area contributed by atoms with E-state index in [1.54, 1.807) is 13.8 Å². The number of halogens is 3. The van der Waals surface area contributed by atoms with Crippen LogP contribution in [-0.4, -0.2) is 17.4 Å². The third-order valence-electron chi connectivity index (χ3n) is 2.15. The molecule has 0 saturated heterocycles. The van der Waals surface area contributed by atoms with Crippen LogP contribution in [0.25, 0.3) is 0 Å². The highest BCUT2D eigenvalue weighted by Crippen LogP contribution is 2.39. The minimum atomic E-state index is -4.28. The minimum absolute atomic E-state index is 0.452. The molecule has 4 heteroatoms. The predicted octanol–water partition coefficient (Wildman–Crippen LogP) is 3.44. The van der Waals surface area contributed by atoms with Gasteiger partial charge in [-0.25, -0.2) is 0 Å². The molecule has 0 aromatic heterocycles. The maximum Gasteiger partial charge on any atom is 0.413 e. The smallest absolute Gasteiger partial charge is 0.279 e. The van der Waals surface area contributed by atoms with Crippen molar-refractivity contribution < 1.29 is 13.2 Å². The van der Waals surface area contributed by atoms with E-state index in [1.807, 2.05) is 0 Å². The van der Waals surface area contributed by atoms with Crippen molar-refractivity contribution in [3.05, 3.63) is 0 Å². The van der Waals surface area contributed by atoms with Crippen LogP contribution in [0.4, 0.5) is 13.2 Å². The third-order valence-corrected chi connectivity index (χ3v) is 2.15. The van der Waals surface area contributed by atoms with E-state index in [4.69, 9.17) is 0 Å². The average molecular weight is 195 g/mol. The van der Waals surface area contributed by atoms with Gasteiger partial charge in [0.1, 0.15) is 0 Å². The van der Waals surface area contributed by atoms with E-state index in [9.17, 15) is 13.2 Å². The maximum atomic E-state index is 12.6. The van der Waals surface area contributed by atoms with Crippen LogP contribution in [0.5, 0.6) is 0 Å². The Bertz CT molecular complexity index is 201. The van der Waals surface area contributed by atoms with Crippen LogP contribution in [0.1, 0.15) is 34.6 Å². The topological polar surface area (TPSA) is 12.4 Å². The van der Waals surface area contributed by atoms with Gasteiger partial charge in [0.15, 0.2) is 5.54 Å². The van der Waals surface area contributed by atoms with Gasteiger partial charge >= 0.3 is 6.18 Å². The summed E-state index contributed by atoms with van der Waals surface area (Å²) in [5.41, 5.74) is -1.50. The summed E-state index contributed by atoms with van der Waals surface area (Å²) in [6.07, 6.45) is -4.28. The van der Waals surface area contributed by atoms with Crippen LogP contribution in [-0.2, 0) is 0 Å². The number of rotatable bonds is 2. The summed E-state index contributed by atoms with van der Waals surface area (Å²) in [6.45, 7) is 7.34. The van der Waals surface area contributed by atoms with Gasteiger partial charge in [0.05, 0.1) is 0 Å². The fourth-order valence-electron chi connectivity index (χ4n) is 0.984. The second-order valence-electron chi connectivity index (χ2n) is 3.86. The van der Waals surface area contributed by atoms with Crippen LogP contribution in [0, 0.1) is 5.92 Å². The van der Waals surface area contributed by atoms with Crippen molar-refractivity contribution >= 4 is 5.71 Å². The molecule has 0 aromatic carbocycles. The number of alkyl halides is 3. The van der Waals surface area contributed by atoms with E-state index in [2.05, 4.69) is 4.99 Å². The first-order chi connectivity index (χ1) is 5.61. The molecule has 0 spiro atoms. The van der Waals surface area contributed by atoms with E-state index < -0.39 is 17.6 Å². The summed E-state index contributed by atoms with van der Waals surface area (Å²) in [4.78, 5) is 3.67. The van der Waals surface area contributed by atoms with E-state index in [0.717, 1.165) is 6.92 Å². The van der Waals surface area contributed by atoms with E-state index in [0.29, 0.717) is 5.71 Å². The Morgan fingerprint density at radius 1 is 1.15 bits per heavy atom. The summed E-state index contributed by atoms with van der Waals surface area (Å²) in [6, 6.07) is 0. The maximum absolute atomic E-state index is 12.6. The zero-order chi connectivity index (χ0) is 10.9. The van der Waals surface area contributed by atoms with Gasteiger partial charge in [-0.2, -0.15) is 13.2 Å². The molecule has 0 aliphatic rings. The molecule has 0 rings (SSSR count). The molecule has 0 bridgehead atoms.